The maximum atomic E-state index is 12.4. The van der Waals surface area contributed by atoms with Crippen LogP contribution in [0, 0.1) is 6.92 Å². The van der Waals surface area contributed by atoms with Gasteiger partial charge in [-0.2, -0.15) is 0 Å². The molecule has 144 valence electrons. The first-order valence-electron chi connectivity index (χ1n) is 9.04. The molecule has 28 heavy (non-hydrogen) atoms. The largest absolute Gasteiger partial charge is 0.444 e. The number of carbonyl (C=O) groups is 1. The Morgan fingerprint density at radius 3 is 3.00 bits per heavy atom. The van der Waals surface area contributed by atoms with E-state index in [1.165, 1.54) is 0 Å². The number of amides is 2. The van der Waals surface area contributed by atoms with Crippen molar-refractivity contribution in [3.63, 3.8) is 0 Å². The quantitative estimate of drug-likeness (QED) is 0.692. The molecular formula is C20H20ClN5O2. The van der Waals surface area contributed by atoms with Crippen LogP contribution in [0.1, 0.15) is 12.1 Å². The molecule has 1 aliphatic rings. The number of hydrogen-bond donors (Lipinski definition) is 2. The average molecular weight is 398 g/mol. The van der Waals surface area contributed by atoms with Crippen LogP contribution in [-0.4, -0.2) is 35.1 Å². The summed E-state index contributed by atoms with van der Waals surface area (Å²) in [6, 6.07) is 10.8. The molecule has 1 atom stereocenters. The molecule has 0 radical (unpaired) electrons. The van der Waals surface area contributed by atoms with Crippen molar-refractivity contribution in [1.29, 1.82) is 0 Å². The normalized spacial score (nSPS) is 16.2. The predicted molar refractivity (Wildman–Crippen MR) is 109 cm³/mol. The fourth-order valence-corrected chi connectivity index (χ4v) is 3.49. The Morgan fingerprint density at radius 2 is 2.21 bits per heavy atom. The summed E-state index contributed by atoms with van der Waals surface area (Å²) in [6.07, 6.45) is 4.15. The third-order valence-electron chi connectivity index (χ3n) is 4.55. The van der Waals surface area contributed by atoms with E-state index in [0.29, 0.717) is 23.1 Å². The molecule has 0 saturated carbocycles. The van der Waals surface area contributed by atoms with Gasteiger partial charge in [0.15, 0.2) is 0 Å². The summed E-state index contributed by atoms with van der Waals surface area (Å²) in [7, 11) is 0. The Kier molecular flexibility index (Phi) is 5.16. The van der Waals surface area contributed by atoms with Gasteiger partial charge in [0.1, 0.15) is 12.1 Å². The Labute approximate surface area is 167 Å². The standard InChI is InChI=1S/C20H20ClN5O2/c1-13-12-28-19(23-13)14-4-2-5-15(10-14)24-20(27)25-16-7-9-26(11-16)18-17(21)6-3-8-22-18/h2-6,8,10,12,16H,7,9,11H2,1H3,(H2,24,25,27). The first-order chi connectivity index (χ1) is 13.6. The minimum atomic E-state index is -0.250. The summed E-state index contributed by atoms with van der Waals surface area (Å²) in [5, 5.41) is 6.50. The summed E-state index contributed by atoms with van der Waals surface area (Å²) >= 11 is 6.22. The Morgan fingerprint density at radius 1 is 1.32 bits per heavy atom. The number of nitrogens with one attached hydrogen (secondary N) is 2. The van der Waals surface area contributed by atoms with E-state index in [9.17, 15) is 4.79 Å². The third-order valence-corrected chi connectivity index (χ3v) is 4.84. The van der Waals surface area contributed by atoms with Crippen molar-refractivity contribution >= 4 is 29.1 Å². The van der Waals surface area contributed by atoms with Gasteiger partial charge >= 0.3 is 6.03 Å². The zero-order valence-corrected chi connectivity index (χ0v) is 16.1. The van der Waals surface area contributed by atoms with Crippen LogP contribution in [0.4, 0.5) is 16.3 Å². The van der Waals surface area contributed by atoms with Crippen molar-refractivity contribution in [2.75, 3.05) is 23.3 Å². The van der Waals surface area contributed by atoms with Crippen LogP contribution in [0.25, 0.3) is 11.5 Å². The van der Waals surface area contributed by atoms with E-state index in [2.05, 4.69) is 25.5 Å². The molecule has 1 fully saturated rings. The molecule has 7 nitrogen and oxygen atoms in total. The van der Waals surface area contributed by atoms with Gasteiger partial charge in [0.2, 0.25) is 5.89 Å². The zero-order chi connectivity index (χ0) is 19.5. The number of halogens is 1. The molecule has 2 amide bonds. The van der Waals surface area contributed by atoms with E-state index in [-0.39, 0.29) is 12.1 Å². The Balaban J connectivity index is 1.36. The summed E-state index contributed by atoms with van der Waals surface area (Å²) in [4.78, 5) is 23.1. The summed E-state index contributed by atoms with van der Waals surface area (Å²) in [6.45, 7) is 3.33. The lowest BCUT2D eigenvalue weighted by Gasteiger charge is -2.19. The maximum Gasteiger partial charge on any atom is 0.319 e. The van der Waals surface area contributed by atoms with Gasteiger partial charge in [-0.15, -0.1) is 0 Å². The van der Waals surface area contributed by atoms with Crippen molar-refractivity contribution in [3.8, 4) is 11.5 Å². The van der Waals surface area contributed by atoms with Gasteiger partial charge in [0.05, 0.1) is 10.7 Å². The molecule has 3 aromatic rings. The van der Waals surface area contributed by atoms with Crippen LogP contribution >= 0.6 is 11.6 Å². The number of anilines is 2. The molecule has 2 N–H and O–H groups in total. The fourth-order valence-electron chi connectivity index (χ4n) is 3.25. The van der Waals surface area contributed by atoms with Crippen LogP contribution in [0.15, 0.2) is 53.3 Å². The molecule has 3 heterocycles. The number of urea groups is 1. The third kappa shape index (κ3) is 4.09. The highest BCUT2D eigenvalue weighted by Crippen LogP contribution is 2.26. The van der Waals surface area contributed by atoms with Crippen molar-refractivity contribution in [1.82, 2.24) is 15.3 Å². The highest BCUT2D eigenvalue weighted by atomic mass is 35.5. The van der Waals surface area contributed by atoms with Crippen LogP contribution < -0.4 is 15.5 Å². The summed E-state index contributed by atoms with van der Waals surface area (Å²) in [5.74, 6) is 1.28. The number of pyridine rings is 1. The van der Waals surface area contributed by atoms with Gasteiger partial charge in [-0.25, -0.2) is 14.8 Å². The van der Waals surface area contributed by atoms with Crippen molar-refractivity contribution in [3.05, 3.63) is 59.6 Å². The second-order valence-corrected chi connectivity index (χ2v) is 7.12. The Hall–Kier alpha value is -3.06. The summed E-state index contributed by atoms with van der Waals surface area (Å²) in [5.41, 5.74) is 2.29. The first-order valence-corrected chi connectivity index (χ1v) is 9.42. The number of aryl methyl sites for hydroxylation is 1. The zero-order valence-electron chi connectivity index (χ0n) is 15.4. The van der Waals surface area contributed by atoms with Crippen LogP contribution in [0.2, 0.25) is 5.02 Å². The summed E-state index contributed by atoms with van der Waals surface area (Å²) < 4.78 is 5.42. The van der Waals surface area contributed by atoms with Crippen molar-refractivity contribution in [2.24, 2.45) is 0 Å². The predicted octanol–water partition coefficient (Wildman–Crippen LogP) is 4.10. The number of nitrogens with zero attached hydrogens (tertiary/aromatic N) is 3. The SMILES string of the molecule is Cc1coc(-c2cccc(NC(=O)NC3CCN(c4ncccc4Cl)C3)c2)n1. The van der Waals surface area contributed by atoms with E-state index in [0.717, 1.165) is 30.0 Å². The van der Waals surface area contributed by atoms with E-state index in [4.69, 9.17) is 16.0 Å². The van der Waals surface area contributed by atoms with Gasteiger partial charge in [-0.05, 0) is 43.7 Å². The van der Waals surface area contributed by atoms with Crippen molar-refractivity contribution < 1.29 is 9.21 Å². The molecule has 1 aromatic carbocycles. The van der Waals surface area contributed by atoms with E-state index < -0.39 is 0 Å². The minimum absolute atomic E-state index is 0.0237. The second-order valence-electron chi connectivity index (χ2n) is 6.71. The lowest BCUT2D eigenvalue weighted by Crippen LogP contribution is -2.39. The van der Waals surface area contributed by atoms with Gasteiger partial charge < -0.3 is 20.0 Å². The van der Waals surface area contributed by atoms with Gasteiger partial charge in [0, 0.05) is 36.6 Å². The fraction of sp³-hybridized carbons (Fsp3) is 0.250. The molecule has 1 unspecified atom stereocenters. The molecule has 0 spiro atoms. The molecule has 1 saturated heterocycles. The average Bonchev–Trinajstić information content (AvgIpc) is 3.31. The molecule has 0 bridgehead atoms. The number of oxazole rings is 1. The molecular weight excluding hydrogens is 378 g/mol. The van der Waals surface area contributed by atoms with Gasteiger partial charge in [-0.3, -0.25) is 0 Å². The number of carbonyl (C=O) groups excluding carboxylic acids is 1. The minimum Gasteiger partial charge on any atom is -0.444 e. The molecule has 4 rings (SSSR count). The highest BCUT2D eigenvalue weighted by Gasteiger charge is 2.26. The lowest BCUT2D eigenvalue weighted by atomic mass is 10.2. The number of benzene rings is 1. The van der Waals surface area contributed by atoms with Crippen LogP contribution in [0.5, 0.6) is 0 Å². The number of aromatic nitrogens is 2. The van der Waals surface area contributed by atoms with Crippen LogP contribution in [-0.2, 0) is 0 Å². The first kappa shape index (κ1) is 18.3. The van der Waals surface area contributed by atoms with Gasteiger partial charge in [0.25, 0.3) is 0 Å². The topological polar surface area (TPSA) is 83.3 Å². The smallest absolute Gasteiger partial charge is 0.319 e. The van der Waals surface area contributed by atoms with E-state index in [1.54, 1.807) is 18.5 Å². The number of hydrogen-bond acceptors (Lipinski definition) is 5. The monoisotopic (exact) mass is 397 g/mol. The Bertz CT molecular complexity index is 990. The molecule has 1 aliphatic heterocycles. The van der Waals surface area contributed by atoms with E-state index >= 15 is 0 Å². The molecule has 0 aliphatic carbocycles. The highest BCUT2D eigenvalue weighted by molar-refractivity contribution is 6.32. The van der Waals surface area contributed by atoms with Crippen LogP contribution in [0.3, 0.4) is 0 Å². The lowest BCUT2D eigenvalue weighted by molar-refractivity contribution is 0.249. The second kappa shape index (κ2) is 7.90. The maximum absolute atomic E-state index is 12.4. The van der Waals surface area contributed by atoms with Gasteiger partial charge in [-0.1, -0.05) is 17.7 Å². The van der Waals surface area contributed by atoms with Crippen molar-refractivity contribution in [2.45, 2.75) is 19.4 Å². The molecule has 2 aromatic heterocycles. The number of rotatable bonds is 4. The van der Waals surface area contributed by atoms with E-state index in [1.807, 2.05) is 37.3 Å². The molecule has 8 heteroatoms.